The zero-order valence-electron chi connectivity index (χ0n) is 16.4. The molecular weight excluding hydrogens is 439 g/mol. The maximum atomic E-state index is 12.2. The van der Waals surface area contributed by atoms with Crippen LogP contribution in [0.4, 0.5) is 39.5 Å². The van der Waals surface area contributed by atoms with E-state index >= 15 is 0 Å². The topological polar surface area (TPSA) is 87.2 Å². The van der Waals surface area contributed by atoms with Crippen LogP contribution in [0, 0.1) is 0 Å². The lowest BCUT2D eigenvalue weighted by molar-refractivity contribution is -0.849. The van der Waals surface area contributed by atoms with Gasteiger partial charge in [-0.3, -0.25) is 0 Å². The van der Waals surface area contributed by atoms with Gasteiger partial charge >= 0.3 is 23.3 Å². The Morgan fingerprint density at radius 2 is 0.786 bits per heavy atom. The zero-order valence-corrected chi connectivity index (χ0v) is 17.2. The quantitative estimate of drug-likeness (QED) is 0.365. The largest absolute Gasteiger partial charge is 0.870 e. The Morgan fingerprint density at radius 3 is 0.893 bits per heavy atom. The molecule has 0 aliphatic heterocycles. The van der Waals surface area contributed by atoms with Crippen molar-refractivity contribution in [2.45, 2.75) is 23.3 Å². The van der Waals surface area contributed by atoms with Crippen LogP contribution in [-0.2, 0) is 10.1 Å². The summed E-state index contributed by atoms with van der Waals surface area (Å²) in [6.45, 7) is 0. The maximum absolute atomic E-state index is 12.2. The Hall–Kier alpha value is -0.840. The Labute approximate surface area is 157 Å². The third kappa shape index (κ3) is 11.9. The molecule has 0 aromatic carbocycles. The fourth-order valence-corrected chi connectivity index (χ4v) is 0.960. The van der Waals surface area contributed by atoms with E-state index in [1.807, 2.05) is 0 Å². The van der Waals surface area contributed by atoms with E-state index in [2.05, 4.69) is 56.4 Å². The average Bonchev–Trinajstić information content (AvgIpc) is 2.19. The monoisotopic (exact) mass is 464 g/mol. The number of hydrogen-bond donors (Lipinski definition) is 0. The van der Waals surface area contributed by atoms with Crippen molar-refractivity contribution in [1.29, 1.82) is 0 Å². The van der Waals surface area contributed by atoms with Crippen LogP contribution in [0.1, 0.15) is 0 Å². The third-order valence-electron chi connectivity index (χ3n) is 1.43. The van der Waals surface area contributed by atoms with E-state index in [9.17, 15) is 52.5 Å². The molecule has 0 aromatic heterocycles. The summed E-state index contributed by atoms with van der Waals surface area (Å²) in [4.78, 5) is 0. The first-order valence-electron chi connectivity index (χ1n) is 6.73. The van der Waals surface area contributed by atoms with Crippen LogP contribution in [0.2, 0.25) is 0 Å². The van der Waals surface area contributed by atoms with Gasteiger partial charge in [0, 0.05) is 0 Å². The molecule has 0 spiro atoms. The Kier molecular flexibility index (Phi) is 12.1. The highest BCUT2D eigenvalue weighted by Gasteiger charge is 2.83. The first-order valence-corrected chi connectivity index (χ1v) is 8.14. The van der Waals surface area contributed by atoms with E-state index < -0.39 is 33.4 Å². The number of nitrogens with zero attached hydrogens (tertiary/aromatic N) is 2. The normalized spacial score (nSPS) is 14.1. The van der Waals surface area contributed by atoms with Crippen molar-refractivity contribution in [3.05, 3.63) is 0 Å². The Bertz CT molecular complexity index is 541. The molecule has 0 saturated carbocycles. The molecule has 176 valence electrons. The molecular formula is C12H25F9N2O4S. The summed E-state index contributed by atoms with van der Waals surface area (Å²) in [5, 5.41) is -7.11. The zero-order chi connectivity index (χ0) is 23.5. The minimum atomic E-state index is -7.43. The molecule has 0 heterocycles. The fourth-order valence-electron chi connectivity index (χ4n) is 0.518. The second-order valence-electron chi connectivity index (χ2n) is 7.98. The molecule has 0 rings (SSSR count). The highest BCUT2D eigenvalue weighted by molar-refractivity contribution is 7.86. The molecule has 0 atom stereocenters. The second kappa shape index (κ2) is 9.77. The van der Waals surface area contributed by atoms with Crippen molar-refractivity contribution in [3.8, 4) is 0 Å². The summed E-state index contributed by atoms with van der Waals surface area (Å²) in [5.74, 6) is -14.8. The molecule has 0 saturated heterocycles. The van der Waals surface area contributed by atoms with E-state index in [4.69, 9.17) is 0 Å². The van der Waals surface area contributed by atoms with E-state index in [0.717, 1.165) is 8.97 Å². The molecule has 0 unspecified atom stereocenters. The van der Waals surface area contributed by atoms with Crippen molar-refractivity contribution < 1.29 is 66.9 Å². The summed E-state index contributed by atoms with van der Waals surface area (Å²) in [5.41, 5.74) is 0. The number of hydrogen-bond acceptors (Lipinski definition) is 4. The van der Waals surface area contributed by atoms with Crippen molar-refractivity contribution >= 4 is 10.1 Å². The summed E-state index contributed by atoms with van der Waals surface area (Å²) < 4.78 is 137. The van der Waals surface area contributed by atoms with Crippen LogP contribution < -0.4 is 0 Å². The number of quaternary nitrogens is 2. The second-order valence-corrected chi connectivity index (χ2v) is 9.40. The molecule has 0 aliphatic carbocycles. The van der Waals surface area contributed by atoms with Crippen LogP contribution in [0.25, 0.3) is 0 Å². The van der Waals surface area contributed by atoms with E-state index in [1.54, 1.807) is 0 Å². The van der Waals surface area contributed by atoms with Gasteiger partial charge in [-0.05, 0) is 0 Å². The lowest BCUT2D eigenvalue weighted by atomic mass is 10.1. The van der Waals surface area contributed by atoms with Crippen LogP contribution in [0.15, 0.2) is 0 Å². The summed E-state index contributed by atoms with van der Waals surface area (Å²) >= 11 is 0. The first kappa shape index (κ1) is 34.7. The van der Waals surface area contributed by atoms with E-state index in [0.29, 0.717) is 0 Å². The van der Waals surface area contributed by atoms with Crippen LogP contribution >= 0.6 is 0 Å². The SMILES string of the molecule is C[N+](C)(C)C.C[N+](C)(C)C.O=S(=O)([O-])C(F)(F)C(F)(F)C(F)(F)C(F)(F)F.[OH-]. The number of alkyl halides is 9. The van der Waals surface area contributed by atoms with Gasteiger partial charge in [0.1, 0.15) is 0 Å². The molecule has 0 aliphatic rings. The summed E-state index contributed by atoms with van der Waals surface area (Å²) in [6, 6.07) is 0. The van der Waals surface area contributed by atoms with Gasteiger partial charge in [0.15, 0.2) is 10.1 Å². The lowest BCUT2D eigenvalue weighted by Gasteiger charge is -2.34. The molecule has 0 radical (unpaired) electrons. The molecule has 0 aromatic rings. The van der Waals surface area contributed by atoms with Crippen molar-refractivity contribution in [3.63, 3.8) is 0 Å². The fraction of sp³-hybridized carbons (Fsp3) is 1.00. The lowest BCUT2D eigenvalue weighted by Crippen LogP contribution is -2.63. The smallest absolute Gasteiger partial charge is 0.460 e. The van der Waals surface area contributed by atoms with Gasteiger partial charge < -0.3 is 19.0 Å². The molecule has 0 amide bonds. The van der Waals surface area contributed by atoms with Crippen molar-refractivity contribution in [1.82, 2.24) is 0 Å². The van der Waals surface area contributed by atoms with Crippen LogP contribution in [0.5, 0.6) is 0 Å². The predicted octanol–water partition coefficient (Wildman–Crippen LogP) is 2.43. The van der Waals surface area contributed by atoms with Gasteiger partial charge in [-0.1, -0.05) is 0 Å². The standard InChI is InChI=1S/C4HF9O3S.2C4H12N.H2O/c5-1(6,3(9,10)11)2(7,8)4(12,13)17(14,15)16;2*1-5(2,3)4;/h(H,14,15,16);2*1-4H3;1H2/q;2*+1;/p-2. The molecule has 0 fully saturated rings. The third-order valence-corrected chi connectivity index (χ3v) is 2.31. The highest BCUT2D eigenvalue weighted by atomic mass is 32.2. The Morgan fingerprint density at radius 1 is 0.607 bits per heavy atom. The van der Waals surface area contributed by atoms with Gasteiger partial charge in [0.25, 0.3) is 0 Å². The predicted molar refractivity (Wildman–Crippen MR) is 80.4 cm³/mol. The molecule has 6 nitrogen and oxygen atoms in total. The van der Waals surface area contributed by atoms with Crippen LogP contribution in [-0.4, -0.2) is 107 Å². The first-order chi connectivity index (χ1) is 11.0. The van der Waals surface area contributed by atoms with Gasteiger partial charge in [0.05, 0.1) is 56.4 Å². The van der Waals surface area contributed by atoms with Crippen molar-refractivity contribution in [2.24, 2.45) is 0 Å². The van der Waals surface area contributed by atoms with Gasteiger partial charge in [0.2, 0.25) is 0 Å². The highest BCUT2D eigenvalue weighted by Crippen LogP contribution is 2.54. The van der Waals surface area contributed by atoms with Gasteiger partial charge in [-0.15, -0.1) is 0 Å². The van der Waals surface area contributed by atoms with Gasteiger partial charge in [-0.2, -0.15) is 39.5 Å². The maximum Gasteiger partial charge on any atom is 0.460 e. The van der Waals surface area contributed by atoms with E-state index in [1.165, 1.54) is 0 Å². The minimum Gasteiger partial charge on any atom is -0.870 e. The molecule has 16 heteroatoms. The Balaban J connectivity index is -0.000000216. The number of halogens is 9. The van der Waals surface area contributed by atoms with E-state index in [-0.39, 0.29) is 5.48 Å². The summed E-state index contributed by atoms with van der Waals surface area (Å²) in [7, 11) is 9.58. The molecule has 1 N–H and O–H groups in total. The van der Waals surface area contributed by atoms with Gasteiger partial charge in [-0.25, -0.2) is 8.42 Å². The van der Waals surface area contributed by atoms with Crippen molar-refractivity contribution in [2.75, 3.05) is 56.4 Å². The number of rotatable bonds is 3. The molecule has 28 heavy (non-hydrogen) atoms. The average molecular weight is 464 g/mol. The summed E-state index contributed by atoms with van der Waals surface area (Å²) in [6.07, 6.45) is -7.16. The molecule has 0 bridgehead atoms. The minimum absolute atomic E-state index is 0. The van der Waals surface area contributed by atoms with Crippen LogP contribution in [0.3, 0.4) is 0 Å².